The highest BCUT2D eigenvalue weighted by Crippen LogP contribution is 2.32. The quantitative estimate of drug-likeness (QED) is 0.370. The molecule has 2 aromatic carbocycles. The van der Waals surface area contributed by atoms with Crippen LogP contribution in [0.3, 0.4) is 0 Å². The number of hydrogen-bond acceptors (Lipinski definition) is 9. The van der Waals surface area contributed by atoms with Crippen molar-refractivity contribution in [3.8, 4) is 11.5 Å². The number of hydrogen-bond donors (Lipinski definition) is 0. The van der Waals surface area contributed by atoms with E-state index in [-0.39, 0.29) is 24.2 Å². The minimum absolute atomic E-state index is 0.0524. The number of thiazole rings is 1. The van der Waals surface area contributed by atoms with Crippen molar-refractivity contribution in [2.75, 3.05) is 40.0 Å². The number of rotatable bonds is 8. The summed E-state index contributed by atoms with van der Waals surface area (Å²) in [5.74, 6) is 0.559. The van der Waals surface area contributed by atoms with Crippen LogP contribution in [0.25, 0.3) is 6.08 Å². The monoisotopic (exact) mass is 591 g/mol. The standard InChI is InChI=1S/C31H33N3O7S/c1-19(2)41-30(37)27-20(3)32-31-34(28(27)22-6-5-7-24(17-22)38-4)29(36)25(42-31)16-21-8-10-23(11-9-21)40-18-26(35)33-12-14-39-15-13-33/h5-11,16-17,19,28H,12-15,18H2,1-4H3/b25-16-/t28-/m0/s1. The van der Waals surface area contributed by atoms with Crippen molar-refractivity contribution in [1.82, 2.24) is 9.47 Å². The Kier molecular flexibility index (Phi) is 8.89. The van der Waals surface area contributed by atoms with Crippen molar-refractivity contribution in [3.63, 3.8) is 0 Å². The van der Waals surface area contributed by atoms with Gasteiger partial charge in [-0.3, -0.25) is 14.2 Å². The third kappa shape index (κ3) is 6.32. The molecular weight excluding hydrogens is 558 g/mol. The Morgan fingerprint density at radius 1 is 1.12 bits per heavy atom. The van der Waals surface area contributed by atoms with Crippen LogP contribution in [0.4, 0.5) is 0 Å². The van der Waals surface area contributed by atoms with Crippen LogP contribution in [0.1, 0.15) is 37.9 Å². The summed E-state index contributed by atoms with van der Waals surface area (Å²) in [6.07, 6.45) is 1.44. The summed E-state index contributed by atoms with van der Waals surface area (Å²) >= 11 is 1.25. The Morgan fingerprint density at radius 3 is 2.55 bits per heavy atom. The van der Waals surface area contributed by atoms with Gasteiger partial charge in [-0.2, -0.15) is 0 Å². The summed E-state index contributed by atoms with van der Waals surface area (Å²) in [4.78, 5) is 46.3. The molecule has 1 saturated heterocycles. The van der Waals surface area contributed by atoms with Gasteiger partial charge in [-0.25, -0.2) is 9.79 Å². The van der Waals surface area contributed by atoms with Gasteiger partial charge in [0.25, 0.3) is 11.5 Å². The summed E-state index contributed by atoms with van der Waals surface area (Å²) in [6, 6.07) is 13.7. The zero-order valence-corrected chi connectivity index (χ0v) is 24.8. The van der Waals surface area contributed by atoms with Gasteiger partial charge in [-0.05, 0) is 62.2 Å². The molecule has 1 amide bonds. The largest absolute Gasteiger partial charge is 0.497 e. The van der Waals surface area contributed by atoms with Crippen molar-refractivity contribution in [2.45, 2.75) is 32.9 Å². The van der Waals surface area contributed by atoms with E-state index in [1.165, 1.54) is 11.3 Å². The molecule has 0 N–H and O–H groups in total. The predicted octanol–water partition coefficient (Wildman–Crippen LogP) is 2.43. The number of carbonyl (C=O) groups excluding carboxylic acids is 2. The van der Waals surface area contributed by atoms with Crippen molar-refractivity contribution >= 4 is 29.3 Å². The lowest BCUT2D eigenvalue weighted by molar-refractivity contribution is -0.143. The first-order chi connectivity index (χ1) is 20.2. The summed E-state index contributed by atoms with van der Waals surface area (Å²) in [5, 5.41) is 0. The van der Waals surface area contributed by atoms with Gasteiger partial charge < -0.3 is 23.8 Å². The van der Waals surface area contributed by atoms with E-state index >= 15 is 0 Å². The number of benzene rings is 2. The number of ether oxygens (including phenoxy) is 4. The molecule has 42 heavy (non-hydrogen) atoms. The second kappa shape index (κ2) is 12.7. The number of allylic oxidation sites excluding steroid dienone is 1. The van der Waals surface area contributed by atoms with Crippen LogP contribution in [0.2, 0.25) is 0 Å². The van der Waals surface area contributed by atoms with Crippen LogP contribution in [0, 0.1) is 0 Å². The number of methoxy groups -OCH3 is 1. The minimum atomic E-state index is -0.732. The van der Waals surface area contributed by atoms with E-state index in [1.807, 2.05) is 36.4 Å². The Labute approximate surface area is 247 Å². The number of carbonyl (C=O) groups is 2. The highest BCUT2D eigenvalue weighted by molar-refractivity contribution is 7.07. The number of esters is 1. The van der Waals surface area contributed by atoms with E-state index in [2.05, 4.69) is 4.99 Å². The second-order valence-corrected chi connectivity index (χ2v) is 11.2. The van der Waals surface area contributed by atoms with Crippen molar-refractivity contribution < 1.29 is 28.5 Å². The molecule has 220 valence electrons. The van der Waals surface area contributed by atoms with Gasteiger partial charge in [0.05, 0.1) is 48.3 Å². The SMILES string of the molecule is COc1cccc([C@H]2C(C(=O)OC(C)C)=C(C)N=c3s/c(=C\c4ccc(OCC(=O)N5CCOCC5)cc4)c(=O)n32)c1. The van der Waals surface area contributed by atoms with E-state index in [0.29, 0.717) is 64.0 Å². The Hall–Kier alpha value is -4.22. The Balaban J connectivity index is 1.45. The van der Waals surface area contributed by atoms with Gasteiger partial charge in [0.1, 0.15) is 11.5 Å². The van der Waals surface area contributed by atoms with E-state index < -0.39 is 12.0 Å². The molecule has 2 aliphatic rings. The van der Waals surface area contributed by atoms with E-state index in [4.69, 9.17) is 18.9 Å². The number of aromatic nitrogens is 1. The van der Waals surface area contributed by atoms with Gasteiger partial charge in [-0.1, -0.05) is 35.6 Å². The topological polar surface area (TPSA) is 109 Å². The van der Waals surface area contributed by atoms with Crippen LogP contribution in [-0.2, 0) is 19.1 Å². The van der Waals surface area contributed by atoms with Crippen molar-refractivity contribution in [1.29, 1.82) is 0 Å². The van der Waals surface area contributed by atoms with E-state index in [9.17, 15) is 14.4 Å². The van der Waals surface area contributed by atoms with Crippen LogP contribution >= 0.6 is 11.3 Å². The maximum Gasteiger partial charge on any atom is 0.338 e. The summed E-state index contributed by atoms with van der Waals surface area (Å²) in [7, 11) is 1.57. The highest BCUT2D eigenvalue weighted by atomic mass is 32.1. The highest BCUT2D eigenvalue weighted by Gasteiger charge is 2.34. The number of nitrogens with zero attached hydrogens (tertiary/aromatic N) is 3. The summed E-state index contributed by atoms with van der Waals surface area (Å²) in [6.45, 7) is 7.47. The van der Waals surface area contributed by atoms with Crippen LogP contribution in [-0.4, -0.2) is 67.5 Å². The van der Waals surface area contributed by atoms with Gasteiger partial charge in [0.15, 0.2) is 11.4 Å². The third-order valence-electron chi connectivity index (χ3n) is 6.90. The molecule has 3 heterocycles. The normalized spacial score (nSPS) is 17.1. The van der Waals surface area contributed by atoms with E-state index in [0.717, 1.165) is 5.56 Å². The molecule has 0 radical (unpaired) electrons. The molecule has 1 fully saturated rings. The van der Waals surface area contributed by atoms with Crippen molar-refractivity contribution in [2.24, 2.45) is 4.99 Å². The molecule has 3 aromatic rings. The van der Waals surface area contributed by atoms with Gasteiger partial charge in [-0.15, -0.1) is 0 Å². The molecule has 0 bridgehead atoms. The van der Waals surface area contributed by atoms with Crippen LogP contribution in [0.5, 0.6) is 11.5 Å². The lowest BCUT2D eigenvalue weighted by atomic mass is 9.95. The fourth-order valence-electron chi connectivity index (χ4n) is 4.85. The number of amides is 1. The molecule has 1 atom stereocenters. The number of fused-ring (bicyclic) bond motifs is 1. The maximum atomic E-state index is 13.8. The van der Waals surface area contributed by atoms with Crippen molar-refractivity contribution in [3.05, 3.63) is 90.6 Å². The lowest BCUT2D eigenvalue weighted by Crippen LogP contribution is -2.42. The molecule has 1 aromatic heterocycles. The van der Waals surface area contributed by atoms with Crippen LogP contribution in [0.15, 0.2) is 69.6 Å². The van der Waals surface area contributed by atoms with Gasteiger partial charge in [0, 0.05) is 13.1 Å². The molecule has 10 nitrogen and oxygen atoms in total. The fourth-order valence-corrected chi connectivity index (χ4v) is 5.89. The first kappa shape index (κ1) is 29.3. The van der Waals surface area contributed by atoms with Crippen LogP contribution < -0.4 is 24.4 Å². The van der Waals surface area contributed by atoms with E-state index in [1.54, 1.807) is 55.6 Å². The molecule has 0 spiro atoms. The zero-order chi connectivity index (χ0) is 29.8. The first-order valence-corrected chi connectivity index (χ1v) is 14.5. The molecule has 0 aliphatic carbocycles. The fraction of sp³-hybridized carbons (Fsp3) is 0.355. The second-order valence-electron chi connectivity index (χ2n) is 10.2. The smallest absolute Gasteiger partial charge is 0.338 e. The summed E-state index contributed by atoms with van der Waals surface area (Å²) in [5.41, 5.74) is 2.02. The maximum absolute atomic E-state index is 13.8. The summed E-state index contributed by atoms with van der Waals surface area (Å²) < 4.78 is 24.0. The predicted molar refractivity (Wildman–Crippen MR) is 157 cm³/mol. The van der Waals surface area contributed by atoms with Gasteiger partial charge >= 0.3 is 5.97 Å². The molecule has 2 aliphatic heterocycles. The molecule has 11 heteroatoms. The Morgan fingerprint density at radius 2 is 1.86 bits per heavy atom. The average molecular weight is 592 g/mol. The third-order valence-corrected chi connectivity index (χ3v) is 7.88. The Bertz CT molecular complexity index is 1680. The first-order valence-electron chi connectivity index (χ1n) is 13.7. The molecule has 0 saturated carbocycles. The molecule has 5 rings (SSSR count). The zero-order valence-electron chi connectivity index (χ0n) is 24.0. The molecular formula is C31H33N3O7S. The lowest BCUT2D eigenvalue weighted by Gasteiger charge is -2.26. The minimum Gasteiger partial charge on any atom is -0.497 e. The molecule has 0 unspecified atom stereocenters. The number of morpholine rings is 1. The average Bonchev–Trinajstić information content (AvgIpc) is 3.29. The van der Waals surface area contributed by atoms with Gasteiger partial charge in [0.2, 0.25) is 0 Å².